The zero-order valence-corrected chi connectivity index (χ0v) is 21.2. The van der Waals surface area contributed by atoms with E-state index in [1.807, 2.05) is 12.1 Å². The van der Waals surface area contributed by atoms with Gasteiger partial charge in [-0.15, -0.1) is 0 Å². The number of carboxylic acids is 1. The minimum Gasteiger partial charge on any atom is -0.755 e. The molecule has 0 aliphatic rings. The van der Waals surface area contributed by atoms with Gasteiger partial charge in [0.25, 0.3) is 5.91 Å². The minimum atomic E-state index is -2.76. The van der Waals surface area contributed by atoms with E-state index in [1.54, 1.807) is 81.6 Å². The summed E-state index contributed by atoms with van der Waals surface area (Å²) in [6.07, 6.45) is 0. The van der Waals surface area contributed by atoms with Crippen LogP contribution in [0, 0.1) is 5.92 Å². The van der Waals surface area contributed by atoms with Crippen LogP contribution >= 0.6 is 0 Å². The van der Waals surface area contributed by atoms with Crippen molar-refractivity contribution in [1.82, 2.24) is 0 Å². The number of hydrogen-bond donors (Lipinski definition) is 2. The quantitative estimate of drug-likeness (QED) is 0.294. The summed E-state index contributed by atoms with van der Waals surface area (Å²) in [7, 11) is 1.57. The molecule has 1 aromatic heterocycles. The number of benzene rings is 3. The Bertz CT molecular complexity index is 1450. The summed E-state index contributed by atoms with van der Waals surface area (Å²) in [5.74, 6) is -1.21. The SMILES string of the molecule is COc1ccc2oc(C(=O)Nc3ccc(-c4ccc(N(C(C(=O)O)C(C)C)S(=O)[O-])cc4)cc3)cc2c1. The van der Waals surface area contributed by atoms with Crippen molar-refractivity contribution in [3.8, 4) is 16.9 Å². The Morgan fingerprint density at radius 1 is 1.00 bits per heavy atom. The molecular formula is C27H25N2O7S-. The first kappa shape index (κ1) is 25.9. The molecule has 10 heteroatoms. The van der Waals surface area contributed by atoms with E-state index in [2.05, 4.69) is 5.32 Å². The molecule has 0 radical (unpaired) electrons. The molecule has 0 bridgehead atoms. The Morgan fingerprint density at radius 3 is 2.16 bits per heavy atom. The topological polar surface area (TPSA) is 132 Å². The lowest BCUT2D eigenvalue weighted by Crippen LogP contribution is -2.45. The Kier molecular flexibility index (Phi) is 7.61. The highest BCUT2D eigenvalue weighted by atomic mass is 32.2. The molecule has 0 spiro atoms. The largest absolute Gasteiger partial charge is 0.755 e. The molecule has 37 heavy (non-hydrogen) atoms. The van der Waals surface area contributed by atoms with Crippen LogP contribution in [0.4, 0.5) is 11.4 Å². The van der Waals surface area contributed by atoms with E-state index in [4.69, 9.17) is 9.15 Å². The Balaban J connectivity index is 1.48. The summed E-state index contributed by atoms with van der Waals surface area (Å²) in [4.78, 5) is 24.3. The van der Waals surface area contributed by atoms with E-state index < -0.39 is 35.1 Å². The van der Waals surface area contributed by atoms with Crippen molar-refractivity contribution in [3.05, 3.63) is 78.6 Å². The van der Waals surface area contributed by atoms with Crippen molar-refractivity contribution in [3.63, 3.8) is 0 Å². The maximum atomic E-state index is 12.7. The second kappa shape index (κ2) is 10.9. The van der Waals surface area contributed by atoms with Gasteiger partial charge >= 0.3 is 5.97 Å². The van der Waals surface area contributed by atoms with Crippen LogP contribution in [0.2, 0.25) is 0 Å². The number of hydrogen-bond acceptors (Lipinski definition) is 6. The molecule has 0 saturated heterocycles. The lowest BCUT2D eigenvalue weighted by atomic mass is 10.0. The predicted octanol–water partition coefficient (Wildman–Crippen LogP) is 5.07. The third-order valence-electron chi connectivity index (χ3n) is 5.84. The zero-order chi connectivity index (χ0) is 26.7. The normalized spacial score (nSPS) is 12.8. The molecule has 1 heterocycles. The summed E-state index contributed by atoms with van der Waals surface area (Å²) in [5, 5.41) is 13.1. The van der Waals surface area contributed by atoms with Crippen LogP contribution in [0.5, 0.6) is 5.75 Å². The number of anilines is 2. The van der Waals surface area contributed by atoms with E-state index in [0.29, 0.717) is 17.0 Å². The molecule has 2 N–H and O–H groups in total. The summed E-state index contributed by atoms with van der Waals surface area (Å²) in [6, 6.07) is 19.4. The van der Waals surface area contributed by atoms with Crippen LogP contribution in [-0.4, -0.2) is 38.9 Å². The van der Waals surface area contributed by atoms with E-state index in [0.717, 1.165) is 20.8 Å². The van der Waals surface area contributed by atoms with Gasteiger partial charge in [0.1, 0.15) is 17.4 Å². The average molecular weight is 522 g/mol. The van der Waals surface area contributed by atoms with Gasteiger partial charge in [0.15, 0.2) is 5.76 Å². The summed E-state index contributed by atoms with van der Waals surface area (Å²) < 4.78 is 35.4. The van der Waals surface area contributed by atoms with Gasteiger partial charge in [-0.2, -0.15) is 0 Å². The second-order valence-electron chi connectivity index (χ2n) is 8.66. The molecule has 0 aliphatic carbocycles. The summed E-state index contributed by atoms with van der Waals surface area (Å²) in [5.41, 5.74) is 3.02. The van der Waals surface area contributed by atoms with Crippen molar-refractivity contribution < 1.29 is 32.6 Å². The summed E-state index contributed by atoms with van der Waals surface area (Å²) in [6.45, 7) is 3.30. The Labute approximate surface area is 216 Å². The van der Waals surface area contributed by atoms with Crippen LogP contribution in [0.3, 0.4) is 0 Å². The highest BCUT2D eigenvalue weighted by Crippen LogP contribution is 2.29. The van der Waals surface area contributed by atoms with Gasteiger partial charge in [-0.1, -0.05) is 38.1 Å². The second-order valence-corrected chi connectivity index (χ2v) is 9.49. The number of carboxylic acid groups (broad SMARTS) is 1. The first-order valence-electron chi connectivity index (χ1n) is 11.4. The van der Waals surface area contributed by atoms with Crippen molar-refractivity contribution >= 4 is 45.5 Å². The van der Waals surface area contributed by atoms with E-state index in [9.17, 15) is 23.5 Å². The number of furan rings is 1. The fourth-order valence-corrected chi connectivity index (χ4v) is 4.81. The molecule has 0 aliphatic heterocycles. The van der Waals surface area contributed by atoms with Crippen molar-refractivity contribution in [2.24, 2.45) is 5.92 Å². The maximum Gasteiger partial charge on any atom is 0.327 e. The number of nitrogens with zero attached hydrogens (tertiary/aromatic N) is 1. The molecular weight excluding hydrogens is 496 g/mol. The van der Waals surface area contributed by atoms with E-state index in [-0.39, 0.29) is 11.4 Å². The maximum absolute atomic E-state index is 12.7. The first-order chi connectivity index (χ1) is 17.7. The number of amides is 1. The van der Waals surface area contributed by atoms with Gasteiger partial charge in [0, 0.05) is 28.0 Å². The number of aliphatic carboxylic acids is 1. The van der Waals surface area contributed by atoms with E-state index in [1.165, 1.54) is 0 Å². The molecule has 9 nitrogen and oxygen atoms in total. The van der Waals surface area contributed by atoms with Gasteiger partial charge in [0.05, 0.1) is 7.11 Å². The van der Waals surface area contributed by atoms with Gasteiger partial charge in [-0.3, -0.25) is 13.3 Å². The Morgan fingerprint density at radius 2 is 1.62 bits per heavy atom. The van der Waals surface area contributed by atoms with Crippen molar-refractivity contribution in [2.45, 2.75) is 19.9 Å². The van der Waals surface area contributed by atoms with Crippen molar-refractivity contribution in [1.29, 1.82) is 0 Å². The van der Waals surface area contributed by atoms with E-state index >= 15 is 0 Å². The molecule has 3 aromatic carbocycles. The number of carbonyl (C=O) groups is 2. The molecule has 4 aromatic rings. The van der Waals surface area contributed by atoms with Gasteiger partial charge < -0.3 is 24.1 Å². The summed E-state index contributed by atoms with van der Waals surface area (Å²) >= 11 is -2.76. The highest BCUT2D eigenvalue weighted by molar-refractivity contribution is 7.80. The molecule has 192 valence electrons. The third kappa shape index (κ3) is 5.65. The molecule has 0 fully saturated rings. The van der Waals surface area contributed by atoms with Gasteiger partial charge in [-0.25, -0.2) is 4.79 Å². The fraction of sp³-hybridized carbons (Fsp3) is 0.185. The van der Waals surface area contributed by atoms with Crippen LogP contribution < -0.4 is 14.4 Å². The number of ether oxygens (including phenoxy) is 1. The molecule has 0 saturated carbocycles. The first-order valence-corrected chi connectivity index (χ1v) is 12.4. The lowest BCUT2D eigenvalue weighted by Gasteiger charge is -2.34. The lowest BCUT2D eigenvalue weighted by molar-refractivity contribution is -0.139. The van der Waals surface area contributed by atoms with Crippen LogP contribution in [0.15, 0.2) is 77.2 Å². The van der Waals surface area contributed by atoms with Crippen LogP contribution in [0.25, 0.3) is 22.1 Å². The number of methoxy groups -OCH3 is 1. The Hall–Kier alpha value is -4.15. The molecule has 1 amide bonds. The fourth-order valence-electron chi connectivity index (χ4n) is 4.00. The monoisotopic (exact) mass is 521 g/mol. The van der Waals surface area contributed by atoms with Crippen molar-refractivity contribution in [2.75, 3.05) is 16.7 Å². The molecule has 2 unspecified atom stereocenters. The van der Waals surface area contributed by atoms with Crippen LogP contribution in [0.1, 0.15) is 24.4 Å². The number of rotatable bonds is 9. The van der Waals surface area contributed by atoms with Gasteiger partial charge in [0.2, 0.25) is 0 Å². The third-order valence-corrected chi connectivity index (χ3v) is 6.60. The number of fused-ring (bicyclic) bond motifs is 1. The smallest absolute Gasteiger partial charge is 0.327 e. The number of nitrogens with one attached hydrogen (secondary N) is 1. The zero-order valence-electron chi connectivity index (χ0n) is 20.3. The molecule has 4 rings (SSSR count). The average Bonchev–Trinajstić information content (AvgIpc) is 3.31. The predicted molar refractivity (Wildman–Crippen MR) is 140 cm³/mol. The molecule has 2 atom stereocenters. The number of carbonyl (C=O) groups excluding carboxylic acids is 1. The standard InChI is InChI=1S/C27H26N2O7S/c1-16(2)25(27(31)32)29(37(33)34)21-10-6-18(7-11-21)17-4-8-20(9-5-17)28-26(30)24-15-19-14-22(35-3)12-13-23(19)36-24/h4-16,25H,1-3H3,(H,28,30)(H,31,32)(H,33,34)/p-1. The minimum absolute atomic E-state index is 0.171. The highest BCUT2D eigenvalue weighted by Gasteiger charge is 2.30. The van der Waals surface area contributed by atoms with Gasteiger partial charge in [-0.05, 0) is 65.6 Å². The van der Waals surface area contributed by atoms with Crippen LogP contribution in [-0.2, 0) is 16.1 Å².